The van der Waals surface area contributed by atoms with Crippen LogP contribution in [0.3, 0.4) is 0 Å². The minimum absolute atomic E-state index is 0.0724. The zero-order valence-electron chi connectivity index (χ0n) is 13.2. The van der Waals surface area contributed by atoms with Crippen LogP contribution < -0.4 is 5.32 Å². The standard InChI is InChI=1S/C21H18BrNO/c22-18-10-6-11-19(15-18)23-21(24)20-12-5-4-9-17(20)14-13-16-7-2-1-3-8-16/h1-12,15H,13-14H2,(H,23,24). The van der Waals surface area contributed by atoms with Gasteiger partial charge in [-0.05, 0) is 48.2 Å². The van der Waals surface area contributed by atoms with Gasteiger partial charge in [0.05, 0.1) is 0 Å². The van der Waals surface area contributed by atoms with E-state index in [0.717, 1.165) is 34.1 Å². The van der Waals surface area contributed by atoms with Gasteiger partial charge in [0.1, 0.15) is 0 Å². The molecule has 0 unspecified atom stereocenters. The highest BCUT2D eigenvalue weighted by Gasteiger charge is 2.11. The van der Waals surface area contributed by atoms with Gasteiger partial charge in [-0.25, -0.2) is 0 Å². The Balaban J connectivity index is 1.74. The number of halogens is 1. The van der Waals surface area contributed by atoms with Gasteiger partial charge < -0.3 is 5.32 Å². The van der Waals surface area contributed by atoms with Gasteiger partial charge in [0, 0.05) is 15.7 Å². The maximum absolute atomic E-state index is 12.6. The first kappa shape index (κ1) is 16.5. The lowest BCUT2D eigenvalue weighted by Gasteiger charge is -2.10. The third-order valence-corrected chi connectivity index (χ3v) is 4.36. The Morgan fingerprint density at radius 3 is 2.38 bits per heavy atom. The summed E-state index contributed by atoms with van der Waals surface area (Å²) in [5, 5.41) is 2.97. The molecule has 1 N–H and O–H groups in total. The van der Waals surface area contributed by atoms with Gasteiger partial charge >= 0.3 is 0 Å². The molecular weight excluding hydrogens is 362 g/mol. The molecule has 0 aliphatic heterocycles. The van der Waals surface area contributed by atoms with Crippen molar-refractivity contribution >= 4 is 27.5 Å². The van der Waals surface area contributed by atoms with Crippen LogP contribution in [0.5, 0.6) is 0 Å². The first-order valence-corrected chi connectivity index (χ1v) is 8.70. The van der Waals surface area contributed by atoms with Crippen LogP contribution in [0.1, 0.15) is 21.5 Å². The van der Waals surface area contributed by atoms with Crippen LogP contribution in [0.15, 0.2) is 83.3 Å². The number of hydrogen-bond donors (Lipinski definition) is 1. The molecule has 0 bridgehead atoms. The van der Waals surface area contributed by atoms with Crippen molar-refractivity contribution in [3.63, 3.8) is 0 Å². The maximum Gasteiger partial charge on any atom is 0.255 e. The van der Waals surface area contributed by atoms with Gasteiger partial charge in [-0.1, -0.05) is 70.5 Å². The summed E-state index contributed by atoms with van der Waals surface area (Å²) in [6, 6.07) is 25.7. The molecule has 2 nitrogen and oxygen atoms in total. The molecule has 0 radical (unpaired) electrons. The van der Waals surface area contributed by atoms with Gasteiger partial charge in [-0.15, -0.1) is 0 Å². The number of anilines is 1. The molecule has 0 saturated heterocycles. The van der Waals surface area contributed by atoms with E-state index in [-0.39, 0.29) is 5.91 Å². The van der Waals surface area contributed by atoms with E-state index in [2.05, 4.69) is 33.4 Å². The highest BCUT2D eigenvalue weighted by atomic mass is 79.9. The molecule has 0 heterocycles. The van der Waals surface area contributed by atoms with Gasteiger partial charge in [0.15, 0.2) is 0 Å². The van der Waals surface area contributed by atoms with Crippen molar-refractivity contribution in [3.8, 4) is 0 Å². The molecule has 120 valence electrons. The van der Waals surface area contributed by atoms with E-state index in [4.69, 9.17) is 0 Å². The molecule has 0 aliphatic carbocycles. The number of carbonyl (C=O) groups excluding carboxylic acids is 1. The van der Waals surface area contributed by atoms with Crippen molar-refractivity contribution in [1.29, 1.82) is 0 Å². The Bertz CT molecular complexity index is 830. The van der Waals surface area contributed by atoms with Crippen LogP contribution >= 0.6 is 15.9 Å². The Labute approximate surface area is 150 Å². The zero-order chi connectivity index (χ0) is 16.8. The van der Waals surface area contributed by atoms with Crippen molar-refractivity contribution in [1.82, 2.24) is 0 Å². The molecule has 0 atom stereocenters. The van der Waals surface area contributed by atoms with E-state index in [1.807, 2.05) is 66.7 Å². The van der Waals surface area contributed by atoms with Gasteiger partial charge in [-0.2, -0.15) is 0 Å². The molecule has 0 spiro atoms. The minimum atomic E-state index is -0.0724. The summed E-state index contributed by atoms with van der Waals surface area (Å²) < 4.78 is 0.942. The predicted octanol–water partition coefficient (Wildman–Crippen LogP) is 5.49. The molecule has 3 rings (SSSR count). The van der Waals surface area contributed by atoms with Crippen LogP contribution in [0.25, 0.3) is 0 Å². The second-order valence-corrected chi connectivity index (χ2v) is 6.52. The van der Waals surface area contributed by atoms with E-state index in [1.54, 1.807) is 0 Å². The van der Waals surface area contributed by atoms with Crippen molar-refractivity contribution in [3.05, 3.63) is 100 Å². The summed E-state index contributed by atoms with van der Waals surface area (Å²) in [5.74, 6) is -0.0724. The fourth-order valence-electron chi connectivity index (χ4n) is 2.65. The number of nitrogens with one attached hydrogen (secondary N) is 1. The van der Waals surface area contributed by atoms with E-state index in [9.17, 15) is 4.79 Å². The third-order valence-electron chi connectivity index (χ3n) is 3.87. The van der Waals surface area contributed by atoms with Crippen molar-refractivity contribution < 1.29 is 4.79 Å². The fourth-order valence-corrected chi connectivity index (χ4v) is 3.05. The normalized spacial score (nSPS) is 10.4. The summed E-state index contributed by atoms with van der Waals surface area (Å²) in [5.41, 5.74) is 3.86. The Morgan fingerprint density at radius 2 is 1.58 bits per heavy atom. The van der Waals surface area contributed by atoms with E-state index >= 15 is 0 Å². The zero-order valence-corrected chi connectivity index (χ0v) is 14.8. The third kappa shape index (κ3) is 4.33. The molecule has 1 amide bonds. The van der Waals surface area contributed by atoms with Crippen LogP contribution in [0, 0.1) is 0 Å². The highest BCUT2D eigenvalue weighted by Crippen LogP contribution is 2.18. The van der Waals surface area contributed by atoms with Crippen molar-refractivity contribution in [2.24, 2.45) is 0 Å². The van der Waals surface area contributed by atoms with Crippen LogP contribution in [0.2, 0.25) is 0 Å². The molecule has 0 fully saturated rings. The molecule has 24 heavy (non-hydrogen) atoms. The smallest absolute Gasteiger partial charge is 0.255 e. The van der Waals surface area contributed by atoms with Crippen LogP contribution in [0.4, 0.5) is 5.69 Å². The van der Waals surface area contributed by atoms with Gasteiger partial charge in [0.25, 0.3) is 5.91 Å². The lowest BCUT2D eigenvalue weighted by molar-refractivity contribution is 0.102. The predicted molar refractivity (Wildman–Crippen MR) is 102 cm³/mol. The lowest BCUT2D eigenvalue weighted by atomic mass is 9.99. The highest BCUT2D eigenvalue weighted by molar-refractivity contribution is 9.10. The lowest BCUT2D eigenvalue weighted by Crippen LogP contribution is -2.14. The number of aryl methyl sites for hydroxylation is 2. The average molecular weight is 380 g/mol. The minimum Gasteiger partial charge on any atom is -0.322 e. The van der Waals surface area contributed by atoms with E-state index in [1.165, 1.54) is 5.56 Å². The molecule has 0 aliphatic rings. The largest absolute Gasteiger partial charge is 0.322 e. The van der Waals surface area contributed by atoms with E-state index in [0.29, 0.717) is 0 Å². The van der Waals surface area contributed by atoms with Crippen LogP contribution in [-0.4, -0.2) is 5.91 Å². The summed E-state index contributed by atoms with van der Waals surface area (Å²) in [7, 11) is 0. The maximum atomic E-state index is 12.6. The number of hydrogen-bond acceptors (Lipinski definition) is 1. The Hall–Kier alpha value is -2.39. The molecule has 0 saturated carbocycles. The molecule has 3 heteroatoms. The number of amides is 1. The second-order valence-electron chi connectivity index (χ2n) is 5.61. The number of rotatable bonds is 5. The molecule has 3 aromatic carbocycles. The van der Waals surface area contributed by atoms with Crippen molar-refractivity contribution in [2.75, 3.05) is 5.32 Å². The summed E-state index contributed by atoms with van der Waals surface area (Å²) >= 11 is 3.42. The Morgan fingerprint density at radius 1 is 0.833 bits per heavy atom. The van der Waals surface area contributed by atoms with Crippen molar-refractivity contribution in [2.45, 2.75) is 12.8 Å². The summed E-state index contributed by atoms with van der Waals surface area (Å²) in [6.07, 6.45) is 1.76. The fraction of sp³-hybridized carbons (Fsp3) is 0.0952. The second kappa shape index (κ2) is 7.93. The van der Waals surface area contributed by atoms with Gasteiger partial charge in [0.2, 0.25) is 0 Å². The summed E-state index contributed by atoms with van der Waals surface area (Å²) in [6.45, 7) is 0. The number of benzene rings is 3. The average Bonchev–Trinajstić information content (AvgIpc) is 2.61. The van der Waals surface area contributed by atoms with E-state index < -0.39 is 0 Å². The first-order chi connectivity index (χ1) is 11.7. The SMILES string of the molecule is O=C(Nc1cccc(Br)c1)c1ccccc1CCc1ccccc1. The number of carbonyl (C=O) groups is 1. The molecular formula is C21H18BrNO. The van der Waals surface area contributed by atoms with Gasteiger partial charge in [-0.3, -0.25) is 4.79 Å². The summed E-state index contributed by atoms with van der Waals surface area (Å²) in [4.78, 5) is 12.6. The monoisotopic (exact) mass is 379 g/mol. The molecule has 3 aromatic rings. The topological polar surface area (TPSA) is 29.1 Å². The first-order valence-electron chi connectivity index (χ1n) is 7.91. The molecule has 0 aromatic heterocycles. The quantitative estimate of drug-likeness (QED) is 0.623. The Kier molecular flexibility index (Phi) is 5.44. The van der Waals surface area contributed by atoms with Crippen LogP contribution in [-0.2, 0) is 12.8 Å².